The van der Waals surface area contributed by atoms with Gasteiger partial charge in [0, 0.05) is 17.6 Å². The molecule has 3 rings (SSSR count). The smallest absolute Gasteiger partial charge is 0.0865 e. The molecular weight excluding hydrogens is 352 g/mol. The predicted octanol–water partition coefficient (Wildman–Crippen LogP) is 6.20. The summed E-state index contributed by atoms with van der Waals surface area (Å²) in [6.07, 6.45) is 5.33. The summed E-state index contributed by atoms with van der Waals surface area (Å²) < 4.78 is 0. The highest BCUT2D eigenvalue weighted by atomic mass is 35.5. The zero-order chi connectivity index (χ0) is 19.3. The quantitative estimate of drug-likeness (QED) is 0.544. The highest BCUT2D eigenvalue weighted by Gasteiger charge is 2.44. The molecule has 142 valence electrons. The lowest BCUT2D eigenvalue weighted by Gasteiger charge is -2.42. The maximum atomic E-state index is 10.3. The first-order valence-electron chi connectivity index (χ1n) is 9.97. The van der Waals surface area contributed by atoms with Gasteiger partial charge in [-0.25, -0.2) is 0 Å². The van der Waals surface area contributed by atoms with Crippen LogP contribution in [-0.4, -0.2) is 18.0 Å². The largest absolute Gasteiger partial charge is 0.299 e. The van der Waals surface area contributed by atoms with Crippen LogP contribution < -0.4 is 0 Å². The molecule has 0 aromatic heterocycles. The summed E-state index contributed by atoms with van der Waals surface area (Å²) in [6, 6.07) is 21.6. The molecule has 1 aliphatic carbocycles. The molecule has 2 atom stereocenters. The van der Waals surface area contributed by atoms with Crippen molar-refractivity contribution in [3.63, 3.8) is 0 Å². The lowest BCUT2D eigenvalue weighted by atomic mass is 9.60. The number of rotatable bonds is 8. The van der Waals surface area contributed by atoms with Crippen LogP contribution in [0, 0.1) is 17.2 Å². The summed E-state index contributed by atoms with van der Waals surface area (Å²) in [6.45, 7) is 3.19. The molecule has 1 saturated carbocycles. The average Bonchev–Trinajstić information content (AvgIpc) is 2.64. The van der Waals surface area contributed by atoms with E-state index in [1.54, 1.807) is 0 Å². The van der Waals surface area contributed by atoms with Crippen LogP contribution in [-0.2, 0) is 12.0 Å². The fourth-order valence-corrected chi connectivity index (χ4v) is 4.48. The Bertz CT molecular complexity index is 778. The van der Waals surface area contributed by atoms with Crippen molar-refractivity contribution in [1.29, 1.82) is 5.26 Å². The van der Waals surface area contributed by atoms with Gasteiger partial charge in [-0.1, -0.05) is 66.6 Å². The molecule has 2 aromatic rings. The normalized spacial score (nSPS) is 17.7. The monoisotopic (exact) mass is 380 g/mol. The number of nitrogens with zero attached hydrogens (tertiary/aromatic N) is 2. The number of halogens is 1. The molecule has 2 unspecified atom stereocenters. The van der Waals surface area contributed by atoms with Gasteiger partial charge in [-0.3, -0.25) is 4.90 Å². The zero-order valence-corrected chi connectivity index (χ0v) is 17.1. The van der Waals surface area contributed by atoms with Crippen LogP contribution in [0.25, 0.3) is 0 Å². The summed E-state index contributed by atoms with van der Waals surface area (Å²) in [7, 11) is 2.17. The van der Waals surface area contributed by atoms with E-state index < -0.39 is 5.41 Å². The summed E-state index contributed by atoms with van der Waals surface area (Å²) in [5, 5.41) is 11.0. The lowest BCUT2D eigenvalue weighted by Crippen LogP contribution is -2.40. The molecule has 0 spiro atoms. The SMILES string of the molecule is CC(CCC(C#N)(c1ccccc1Cl)C1CCC1)N(C)Cc1ccccc1. The molecule has 0 bridgehead atoms. The maximum absolute atomic E-state index is 10.3. The molecule has 0 heterocycles. The van der Waals surface area contributed by atoms with E-state index in [2.05, 4.69) is 61.3 Å². The van der Waals surface area contributed by atoms with E-state index in [9.17, 15) is 5.26 Å². The second-order valence-electron chi connectivity index (χ2n) is 7.98. The lowest BCUT2D eigenvalue weighted by molar-refractivity contribution is 0.169. The average molecular weight is 381 g/mol. The Morgan fingerprint density at radius 2 is 1.81 bits per heavy atom. The van der Waals surface area contributed by atoms with Gasteiger partial charge in [-0.15, -0.1) is 0 Å². The van der Waals surface area contributed by atoms with Gasteiger partial charge < -0.3 is 0 Å². The van der Waals surface area contributed by atoms with Crippen molar-refractivity contribution in [3.05, 3.63) is 70.7 Å². The van der Waals surface area contributed by atoms with Crippen LogP contribution in [0.15, 0.2) is 54.6 Å². The van der Waals surface area contributed by atoms with E-state index >= 15 is 0 Å². The minimum atomic E-state index is -0.460. The van der Waals surface area contributed by atoms with E-state index in [4.69, 9.17) is 11.6 Å². The van der Waals surface area contributed by atoms with Gasteiger partial charge >= 0.3 is 0 Å². The van der Waals surface area contributed by atoms with Gasteiger partial charge in [0.25, 0.3) is 0 Å². The number of hydrogen-bond donors (Lipinski definition) is 0. The van der Waals surface area contributed by atoms with Crippen molar-refractivity contribution in [3.8, 4) is 6.07 Å². The molecular formula is C24H29ClN2. The Morgan fingerprint density at radius 1 is 1.15 bits per heavy atom. The minimum absolute atomic E-state index is 0.403. The summed E-state index contributed by atoms with van der Waals surface area (Å²) >= 11 is 6.54. The second-order valence-corrected chi connectivity index (χ2v) is 8.39. The highest BCUT2D eigenvalue weighted by Crippen LogP contribution is 2.48. The number of hydrogen-bond acceptors (Lipinski definition) is 2. The standard InChI is InChI=1S/C24H29ClN2/c1-19(27(2)17-20-9-4-3-5-10-20)15-16-24(18-26,21-11-8-12-21)22-13-6-7-14-23(22)25/h3-7,9-10,13-14,19,21H,8,11-12,15-17H2,1-2H3. The highest BCUT2D eigenvalue weighted by molar-refractivity contribution is 6.31. The van der Waals surface area contributed by atoms with E-state index in [1.807, 2.05) is 18.2 Å². The van der Waals surface area contributed by atoms with Gasteiger partial charge in [0.2, 0.25) is 0 Å². The van der Waals surface area contributed by atoms with Crippen LogP contribution in [0.1, 0.15) is 50.2 Å². The van der Waals surface area contributed by atoms with Crippen LogP contribution in [0.4, 0.5) is 0 Å². The van der Waals surface area contributed by atoms with Crippen molar-refractivity contribution in [2.24, 2.45) is 5.92 Å². The van der Waals surface area contributed by atoms with Crippen molar-refractivity contribution in [2.75, 3.05) is 7.05 Å². The Labute approximate surface area is 168 Å². The molecule has 2 nitrogen and oxygen atoms in total. The molecule has 1 fully saturated rings. The summed E-state index contributed by atoms with van der Waals surface area (Å²) in [4.78, 5) is 2.38. The molecule has 27 heavy (non-hydrogen) atoms. The first-order chi connectivity index (χ1) is 13.1. The summed E-state index contributed by atoms with van der Waals surface area (Å²) in [5.41, 5.74) is 1.89. The molecule has 0 saturated heterocycles. The minimum Gasteiger partial charge on any atom is -0.299 e. The first-order valence-corrected chi connectivity index (χ1v) is 10.3. The topological polar surface area (TPSA) is 27.0 Å². The van der Waals surface area contributed by atoms with E-state index in [0.717, 1.165) is 42.8 Å². The van der Waals surface area contributed by atoms with E-state index in [1.165, 1.54) is 12.0 Å². The maximum Gasteiger partial charge on any atom is 0.0865 e. The zero-order valence-electron chi connectivity index (χ0n) is 16.4. The van der Waals surface area contributed by atoms with Gasteiger partial charge in [-0.05, 0) is 62.8 Å². The van der Waals surface area contributed by atoms with Gasteiger partial charge in [0.15, 0.2) is 0 Å². The first kappa shape index (κ1) is 19.9. The van der Waals surface area contributed by atoms with Crippen LogP contribution in [0.5, 0.6) is 0 Å². The Balaban J connectivity index is 1.73. The molecule has 3 heteroatoms. The van der Waals surface area contributed by atoms with Gasteiger partial charge in [0.05, 0.1) is 11.5 Å². The molecule has 0 amide bonds. The molecule has 1 aliphatic rings. The molecule has 2 aromatic carbocycles. The number of benzene rings is 2. The van der Waals surface area contributed by atoms with Crippen molar-refractivity contribution >= 4 is 11.6 Å². The van der Waals surface area contributed by atoms with E-state index in [-0.39, 0.29) is 0 Å². The van der Waals surface area contributed by atoms with E-state index in [0.29, 0.717) is 12.0 Å². The third-order valence-electron chi connectivity index (χ3n) is 6.34. The predicted molar refractivity (Wildman–Crippen MR) is 113 cm³/mol. The van der Waals surface area contributed by atoms with Gasteiger partial charge in [0.1, 0.15) is 0 Å². The molecule has 0 radical (unpaired) electrons. The van der Waals surface area contributed by atoms with Crippen molar-refractivity contribution in [2.45, 2.75) is 57.0 Å². The van der Waals surface area contributed by atoms with Gasteiger partial charge in [-0.2, -0.15) is 5.26 Å². The van der Waals surface area contributed by atoms with Crippen LogP contribution >= 0.6 is 11.6 Å². The number of nitriles is 1. The fraction of sp³-hybridized carbons (Fsp3) is 0.458. The van der Waals surface area contributed by atoms with Crippen molar-refractivity contribution < 1.29 is 0 Å². The fourth-order valence-electron chi connectivity index (χ4n) is 4.17. The Kier molecular flexibility index (Phi) is 6.58. The summed E-state index contributed by atoms with van der Waals surface area (Å²) in [5.74, 6) is 0.425. The van der Waals surface area contributed by atoms with Crippen LogP contribution in [0.2, 0.25) is 5.02 Å². The van der Waals surface area contributed by atoms with Crippen LogP contribution in [0.3, 0.4) is 0 Å². The molecule has 0 aliphatic heterocycles. The third-order valence-corrected chi connectivity index (χ3v) is 6.67. The second kappa shape index (κ2) is 8.91. The third kappa shape index (κ3) is 4.37. The Hall–Kier alpha value is -1.82. The van der Waals surface area contributed by atoms with Crippen molar-refractivity contribution in [1.82, 2.24) is 4.90 Å². The Morgan fingerprint density at radius 3 is 2.41 bits per heavy atom. The molecule has 0 N–H and O–H groups in total.